The number of anilines is 1. The molecule has 1 heterocycles. The summed E-state index contributed by atoms with van der Waals surface area (Å²) in [5.74, 6) is 1.88. The van der Waals surface area contributed by atoms with Crippen molar-refractivity contribution in [1.82, 2.24) is 9.55 Å². The minimum absolute atomic E-state index is 0.529. The predicted molar refractivity (Wildman–Crippen MR) is 85.6 cm³/mol. The van der Waals surface area contributed by atoms with Crippen molar-refractivity contribution < 1.29 is 9.47 Å². The number of para-hydroxylation sites is 1. The van der Waals surface area contributed by atoms with E-state index in [9.17, 15) is 0 Å². The molecular weight excluding hydrogens is 266 g/mol. The van der Waals surface area contributed by atoms with Crippen molar-refractivity contribution in [2.24, 2.45) is 5.92 Å². The first-order chi connectivity index (χ1) is 10.1. The third-order valence-corrected chi connectivity index (χ3v) is 3.19. The maximum atomic E-state index is 6.04. The van der Waals surface area contributed by atoms with Crippen LogP contribution in [0.5, 0.6) is 5.75 Å². The van der Waals surface area contributed by atoms with Crippen LogP contribution in [-0.4, -0.2) is 29.4 Å². The average Bonchev–Trinajstić information content (AvgIpc) is 2.76. The fourth-order valence-corrected chi connectivity index (χ4v) is 2.29. The highest BCUT2D eigenvalue weighted by molar-refractivity contribution is 5.84. The van der Waals surface area contributed by atoms with Crippen LogP contribution < -0.4 is 10.5 Å². The summed E-state index contributed by atoms with van der Waals surface area (Å²) in [6, 6.07) is 5.92. The molecule has 116 valence electrons. The largest absolute Gasteiger partial charge is 0.492 e. The number of hydrogen-bond donors (Lipinski definition) is 1. The molecule has 0 unspecified atom stereocenters. The van der Waals surface area contributed by atoms with Crippen LogP contribution in [0.15, 0.2) is 18.2 Å². The molecule has 1 aromatic heterocycles. The van der Waals surface area contributed by atoms with E-state index in [4.69, 9.17) is 15.2 Å². The first-order valence-electron chi connectivity index (χ1n) is 7.58. The summed E-state index contributed by atoms with van der Waals surface area (Å²) in [6.45, 7) is 9.22. The van der Waals surface area contributed by atoms with Crippen molar-refractivity contribution in [3.05, 3.63) is 18.2 Å². The Hall–Kier alpha value is -1.75. The van der Waals surface area contributed by atoms with Crippen molar-refractivity contribution in [2.45, 2.75) is 33.7 Å². The summed E-state index contributed by atoms with van der Waals surface area (Å²) in [5, 5.41) is 0. The summed E-state index contributed by atoms with van der Waals surface area (Å²) in [7, 11) is 0. The van der Waals surface area contributed by atoms with Crippen LogP contribution in [0.1, 0.15) is 27.2 Å². The summed E-state index contributed by atoms with van der Waals surface area (Å²) in [4.78, 5) is 4.43. The van der Waals surface area contributed by atoms with Gasteiger partial charge in [-0.3, -0.25) is 0 Å². The highest BCUT2D eigenvalue weighted by atomic mass is 16.5. The van der Waals surface area contributed by atoms with Crippen molar-refractivity contribution >= 4 is 17.0 Å². The van der Waals surface area contributed by atoms with E-state index < -0.39 is 0 Å². The number of nitrogen functional groups attached to an aromatic ring is 1. The lowest BCUT2D eigenvalue weighted by atomic mass is 10.2. The van der Waals surface area contributed by atoms with Crippen LogP contribution >= 0.6 is 0 Å². The van der Waals surface area contributed by atoms with Gasteiger partial charge >= 0.3 is 0 Å². The van der Waals surface area contributed by atoms with Gasteiger partial charge in [0.1, 0.15) is 11.3 Å². The van der Waals surface area contributed by atoms with Crippen LogP contribution in [0.4, 0.5) is 5.95 Å². The van der Waals surface area contributed by atoms with Crippen LogP contribution in [0.25, 0.3) is 11.0 Å². The lowest BCUT2D eigenvalue weighted by Gasteiger charge is -2.09. The molecule has 0 aliphatic rings. The monoisotopic (exact) mass is 291 g/mol. The molecular formula is C16H25N3O2. The van der Waals surface area contributed by atoms with E-state index in [-0.39, 0.29) is 0 Å². The van der Waals surface area contributed by atoms with Crippen molar-refractivity contribution in [1.29, 1.82) is 0 Å². The van der Waals surface area contributed by atoms with E-state index in [1.807, 2.05) is 29.7 Å². The normalized spacial score (nSPS) is 11.4. The Bertz CT molecular complexity index is 578. The second-order valence-corrected chi connectivity index (χ2v) is 5.50. The minimum atomic E-state index is 0.529. The molecule has 0 saturated carbocycles. The number of nitrogens with two attached hydrogens (primary N) is 1. The topological polar surface area (TPSA) is 62.3 Å². The number of aryl methyl sites for hydroxylation is 1. The van der Waals surface area contributed by atoms with Crippen molar-refractivity contribution in [3.8, 4) is 5.75 Å². The Balaban J connectivity index is 2.06. The van der Waals surface area contributed by atoms with E-state index in [0.717, 1.165) is 43.0 Å². The van der Waals surface area contributed by atoms with E-state index in [1.54, 1.807) is 0 Å². The Kier molecular flexibility index (Phi) is 5.44. The maximum Gasteiger partial charge on any atom is 0.201 e. The summed E-state index contributed by atoms with van der Waals surface area (Å²) in [5.41, 5.74) is 7.89. The van der Waals surface area contributed by atoms with Gasteiger partial charge in [-0.2, -0.15) is 0 Å². The molecule has 0 amide bonds. The molecule has 0 atom stereocenters. The van der Waals surface area contributed by atoms with Gasteiger partial charge in [-0.05, 0) is 31.4 Å². The van der Waals surface area contributed by atoms with Gasteiger partial charge in [0.05, 0.1) is 12.1 Å². The number of nitrogens with zero attached hydrogens (tertiary/aromatic N) is 2. The minimum Gasteiger partial charge on any atom is -0.492 e. The zero-order valence-electron chi connectivity index (χ0n) is 13.1. The second-order valence-electron chi connectivity index (χ2n) is 5.50. The van der Waals surface area contributed by atoms with Gasteiger partial charge in [-0.25, -0.2) is 4.98 Å². The van der Waals surface area contributed by atoms with E-state index in [1.165, 1.54) is 0 Å². The Morgan fingerprint density at radius 1 is 1.33 bits per heavy atom. The molecule has 0 spiro atoms. The van der Waals surface area contributed by atoms with Gasteiger partial charge < -0.3 is 19.8 Å². The highest BCUT2D eigenvalue weighted by Crippen LogP contribution is 2.27. The molecule has 0 radical (unpaired) electrons. The Morgan fingerprint density at radius 2 is 2.14 bits per heavy atom. The fraction of sp³-hybridized carbons (Fsp3) is 0.562. The third kappa shape index (κ3) is 3.88. The summed E-state index contributed by atoms with van der Waals surface area (Å²) < 4.78 is 13.2. The lowest BCUT2D eigenvalue weighted by molar-refractivity contribution is 0.105. The number of rotatable bonds is 8. The number of fused-ring (bicyclic) bond motifs is 1. The molecule has 21 heavy (non-hydrogen) atoms. The van der Waals surface area contributed by atoms with E-state index in [2.05, 4.69) is 18.8 Å². The molecule has 0 bridgehead atoms. The van der Waals surface area contributed by atoms with Crippen LogP contribution in [-0.2, 0) is 11.3 Å². The number of hydrogen-bond acceptors (Lipinski definition) is 4. The predicted octanol–water partition coefficient (Wildman–Crippen LogP) is 3.08. The molecule has 2 aromatic rings. The summed E-state index contributed by atoms with van der Waals surface area (Å²) in [6.07, 6.45) is 0.918. The molecule has 5 heteroatoms. The highest BCUT2D eigenvalue weighted by Gasteiger charge is 2.11. The number of ether oxygens (including phenoxy) is 2. The van der Waals surface area contributed by atoms with Gasteiger partial charge in [0.2, 0.25) is 5.95 Å². The molecule has 5 nitrogen and oxygen atoms in total. The Labute approximate surface area is 126 Å². The first kappa shape index (κ1) is 15.6. The number of benzene rings is 1. The molecule has 2 N–H and O–H groups in total. The van der Waals surface area contributed by atoms with Crippen LogP contribution in [0.2, 0.25) is 0 Å². The van der Waals surface area contributed by atoms with Crippen LogP contribution in [0.3, 0.4) is 0 Å². The molecule has 0 aliphatic heterocycles. The van der Waals surface area contributed by atoms with Gasteiger partial charge in [-0.15, -0.1) is 0 Å². The van der Waals surface area contributed by atoms with Gasteiger partial charge in [-0.1, -0.05) is 19.9 Å². The van der Waals surface area contributed by atoms with Crippen molar-refractivity contribution in [3.63, 3.8) is 0 Å². The average molecular weight is 291 g/mol. The lowest BCUT2D eigenvalue weighted by Crippen LogP contribution is -2.08. The van der Waals surface area contributed by atoms with Crippen LogP contribution in [0, 0.1) is 5.92 Å². The van der Waals surface area contributed by atoms with Gasteiger partial charge in [0.25, 0.3) is 0 Å². The van der Waals surface area contributed by atoms with Crippen molar-refractivity contribution in [2.75, 3.05) is 25.6 Å². The zero-order chi connectivity index (χ0) is 15.2. The van der Waals surface area contributed by atoms with E-state index >= 15 is 0 Å². The smallest absolute Gasteiger partial charge is 0.201 e. The molecule has 0 fully saturated rings. The SMILES string of the molecule is CCOc1cccc2c1nc(N)n2CCCOCC(C)C. The molecule has 0 saturated heterocycles. The zero-order valence-corrected chi connectivity index (χ0v) is 13.1. The molecule has 2 rings (SSSR count). The fourth-order valence-electron chi connectivity index (χ4n) is 2.29. The van der Waals surface area contributed by atoms with E-state index in [0.29, 0.717) is 18.5 Å². The molecule has 0 aliphatic carbocycles. The Morgan fingerprint density at radius 3 is 2.86 bits per heavy atom. The van der Waals surface area contributed by atoms with Gasteiger partial charge in [0, 0.05) is 19.8 Å². The van der Waals surface area contributed by atoms with Gasteiger partial charge in [0.15, 0.2) is 0 Å². The first-order valence-corrected chi connectivity index (χ1v) is 7.58. The molecule has 1 aromatic carbocycles. The maximum absolute atomic E-state index is 6.04. The third-order valence-electron chi connectivity index (χ3n) is 3.19. The number of aromatic nitrogens is 2. The number of imidazole rings is 1. The quantitative estimate of drug-likeness (QED) is 0.759. The standard InChI is InChI=1S/C16H25N3O2/c1-4-21-14-8-5-7-13-15(14)18-16(17)19(13)9-6-10-20-11-12(2)3/h5,7-8,12H,4,6,9-11H2,1-3H3,(H2,17,18). The second kappa shape index (κ2) is 7.31. The summed E-state index contributed by atoms with van der Waals surface area (Å²) >= 11 is 0.